The molecule has 1 amide bonds. The van der Waals surface area contributed by atoms with E-state index >= 15 is 0 Å². The number of nitriles is 1. The Bertz CT molecular complexity index is 466. The second-order valence-electron chi connectivity index (χ2n) is 4.51. The van der Waals surface area contributed by atoms with E-state index < -0.39 is 6.10 Å². The van der Waals surface area contributed by atoms with E-state index in [2.05, 4.69) is 5.32 Å². The second kappa shape index (κ2) is 7.39. The van der Waals surface area contributed by atoms with Gasteiger partial charge in [-0.05, 0) is 18.1 Å². The van der Waals surface area contributed by atoms with Crippen molar-refractivity contribution in [3.05, 3.63) is 29.8 Å². The largest absolute Gasteiger partial charge is 0.482 e. The lowest BCUT2D eigenvalue weighted by molar-refractivity contribution is -0.123. The number of amides is 1. The molecule has 1 aromatic rings. The average molecular weight is 262 g/mol. The number of aliphatic hydroxyl groups is 1. The molecule has 1 rings (SSSR count). The SMILES string of the molecule is CC(C)C(O)CNC(=O)COc1ccccc1C#N. The fourth-order valence-corrected chi connectivity index (χ4v) is 1.33. The van der Waals surface area contributed by atoms with Crippen LogP contribution in [0.25, 0.3) is 0 Å². The van der Waals surface area contributed by atoms with Crippen LogP contribution in [0.2, 0.25) is 0 Å². The van der Waals surface area contributed by atoms with Crippen LogP contribution in [-0.4, -0.2) is 30.3 Å². The van der Waals surface area contributed by atoms with Gasteiger partial charge >= 0.3 is 0 Å². The van der Waals surface area contributed by atoms with E-state index in [0.29, 0.717) is 11.3 Å². The van der Waals surface area contributed by atoms with Crippen LogP contribution in [0.4, 0.5) is 0 Å². The highest BCUT2D eigenvalue weighted by atomic mass is 16.5. The Hall–Kier alpha value is -2.06. The Morgan fingerprint density at radius 2 is 2.16 bits per heavy atom. The van der Waals surface area contributed by atoms with Crippen molar-refractivity contribution in [3.63, 3.8) is 0 Å². The van der Waals surface area contributed by atoms with Crippen molar-refractivity contribution in [3.8, 4) is 11.8 Å². The van der Waals surface area contributed by atoms with Crippen molar-refractivity contribution in [2.24, 2.45) is 5.92 Å². The average Bonchev–Trinajstić information content (AvgIpc) is 2.42. The number of hydrogen-bond donors (Lipinski definition) is 2. The van der Waals surface area contributed by atoms with Crippen LogP contribution in [0.15, 0.2) is 24.3 Å². The molecule has 0 saturated heterocycles. The highest BCUT2D eigenvalue weighted by molar-refractivity contribution is 5.77. The molecule has 1 aromatic carbocycles. The van der Waals surface area contributed by atoms with Crippen LogP contribution in [0, 0.1) is 17.2 Å². The van der Waals surface area contributed by atoms with Crippen LogP contribution in [0.5, 0.6) is 5.75 Å². The zero-order valence-corrected chi connectivity index (χ0v) is 11.1. The molecule has 5 nitrogen and oxygen atoms in total. The van der Waals surface area contributed by atoms with Gasteiger partial charge in [0.25, 0.3) is 5.91 Å². The lowest BCUT2D eigenvalue weighted by Crippen LogP contribution is -2.37. The number of carbonyl (C=O) groups is 1. The van der Waals surface area contributed by atoms with Crippen molar-refractivity contribution in [2.45, 2.75) is 20.0 Å². The summed E-state index contributed by atoms with van der Waals surface area (Å²) in [5, 5.41) is 21.0. The topological polar surface area (TPSA) is 82.3 Å². The highest BCUT2D eigenvalue weighted by Gasteiger charge is 2.11. The van der Waals surface area contributed by atoms with Crippen LogP contribution in [0.3, 0.4) is 0 Å². The van der Waals surface area contributed by atoms with Crippen LogP contribution < -0.4 is 10.1 Å². The van der Waals surface area contributed by atoms with Gasteiger partial charge in [0.15, 0.2) is 6.61 Å². The predicted molar refractivity (Wildman–Crippen MR) is 70.5 cm³/mol. The summed E-state index contributed by atoms with van der Waals surface area (Å²) in [5.74, 6) is 0.137. The minimum absolute atomic E-state index is 0.0838. The van der Waals surface area contributed by atoms with E-state index in [4.69, 9.17) is 10.00 Å². The van der Waals surface area contributed by atoms with E-state index in [1.54, 1.807) is 24.3 Å². The molecule has 0 aliphatic carbocycles. The first kappa shape index (κ1) is 15.0. The number of hydrogen-bond acceptors (Lipinski definition) is 4. The number of nitrogens with one attached hydrogen (secondary N) is 1. The van der Waals surface area contributed by atoms with Gasteiger partial charge in [0.05, 0.1) is 11.7 Å². The van der Waals surface area contributed by atoms with Crippen LogP contribution >= 0.6 is 0 Å². The quantitative estimate of drug-likeness (QED) is 0.803. The minimum atomic E-state index is -0.574. The summed E-state index contributed by atoms with van der Waals surface area (Å²) in [7, 11) is 0. The zero-order valence-electron chi connectivity index (χ0n) is 11.1. The molecular formula is C14H18N2O3. The molecule has 0 aliphatic rings. The summed E-state index contributed by atoms with van der Waals surface area (Å²) in [6.45, 7) is 3.76. The maximum absolute atomic E-state index is 11.5. The van der Waals surface area contributed by atoms with E-state index in [1.807, 2.05) is 19.9 Å². The van der Waals surface area contributed by atoms with Crippen molar-refractivity contribution < 1.29 is 14.6 Å². The molecule has 1 atom stereocenters. The van der Waals surface area contributed by atoms with Gasteiger partial charge in [-0.3, -0.25) is 4.79 Å². The molecule has 0 saturated carbocycles. The summed E-state index contributed by atoms with van der Waals surface area (Å²) >= 11 is 0. The smallest absolute Gasteiger partial charge is 0.258 e. The van der Waals surface area contributed by atoms with Crippen molar-refractivity contribution in [1.29, 1.82) is 5.26 Å². The van der Waals surface area contributed by atoms with Crippen molar-refractivity contribution in [2.75, 3.05) is 13.2 Å². The Labute approximate surface area is 112 Å². The maximum Gasteiger partial charge on any atom is 0.258 e. The molecule has 5 heteroatoms. The van der Waals surface area contributed by atoms with E-state index in [-0.39, 0.29) is 25.0 Å². The van der Waals surface area contributed by atoms with E-state index in [9.17, 15) is 9.90 Å². The number of ether oxygens (including phenoxy) is 1. The number of benzene rings is 1. The molecule has 0 radical (unpaired) electrons. The maximum atomic E-state index is 11.5. The normalized spacial score (nSPS) is 11.7. The van der Waals surface area contributed by atoms with Crippen molar-refractivity contribution in [1.82, 2.24) is 5.32 Å². The fourth-order valence-electron chi connectivity index (χ4n) is 1.33. The molecule has 1 unspecified atom stereocenters. The predicted octanol–water partition coefficient (Wildman–Crippen LogP) is 1.07. The summed E-state index contributed by atoms with van der Waals surface area (Å²) in [6, 6.07) is 8.70. The van der Waals surface area contributed by atoms with Crippen molar-refractivity contribution >= 4 is 5.91 Å². The first-order chi connectivity index (χ1) is 9.04. The Morgan fingerprint density at radius 1 is 1.47 bits per heavy atom. The Kier molecular flexibility index (Phi) is 5.83. The van der Waals surface area contributed by atoms with Gasteiger partial charge < -0.3 is 15.2 Å². The third-order valence-electron chi connectivity index (χ3n) is 2.64. The van der Waals surface area contributed by atoms with Gasteiger partial charge in [0, 0.05) is 6.54 Å². The van der Waals surface area contributed by atoms with Crippen LogP contribution in [0.1, 0.15) is 19.4 Å². The number of rotatable bonds is 6. The first-order valence-electron chi connectivity index (χ1n) is 6.11. The summed E-state index contributed by atoms with van der Waals surface area (Å²) in [6.07, 6.45) is -0.574. The molecule has 0 aliphatic heterocycles. The zero-order chi connectivity index (χ0) is 14.3. The Morgan fingerprint density at radius 3 is 2.79 bits per heavy atom. The molecule has 102 valence electrons. The summed E-state index contributed by atoms with van der Waals surface area (Å²) in [5.41, 5.74) is 0.387. The molecule has 19 heavy (non-hydrogen) atoms. The molecule has 0 aromatic heterocycles. The number of para-hydroxylation sites is 1. The van der Waals surface area contributed by atoms with Gasteiger partial charge in [0.1, 0.15) is 11.8 Å². The monoisotopic (exact) mass is 262 g/mol. The lowest BCUT2D eigenvalue weighted by atomic mass is 10.1. The summed E-state index contributed by atoms with van der Waals surface area (Å²) in [4.78, 5) is 11.5. The standard InChI is InChI=1S/C14H18N2O3/c1-10(2)12(17)8-16-14(18)9-19-13-6-4-3-5-11(13)7-15/h3-6,10,12,17H,8-9H2,1-2H3,(H,16,18). The fraction of sp³-hybridized carbons (Fsp3) is 0.429. The second-order valence-corrected chi connectivity index (χ2v) is 4.51. The molecule has 2 N–H and O–H groups in total. The van der Waals surface area contributed by atoms with E-state index in [1.165, 1.54) is 0 Å². The van der Waals surface area contributed by atoms with Gasteiger partial charge in [-0.1, -0.05) is 26.0 Å². The van der Waals surface area contributed by atoms with Crippen LogP contribution in [-0.2, 0) is 4.79 Å². The van der Waals surface area contributed by atoms with E-state index in [0.717, 1.165) is 0 Å². The molecule has 0 fully saturated rings. The highest BCUT2D eigenvalue weighted by Crippen LogP contribution is 2.16. The molecular weight excluding hydrogens is 244 g/mol. The number of aliphatic hydroxyl groups excluding tert-OH is 1. The molecule has 0 heterocycles. The minimum Gasteiger partial charge on any atom is -0.482 e. The first-order valence-corrected chi connectivity index (χ1v) is 6.11. The molecule has 0 bridgehead atoms. The molecule has 0 spiro atoms. The van der Waals surface area contributed by atoms with Gasteiger partial charge in [-0.25, -0.2) is 0 Å². The third kappa shape index (κ3) is 4.98. The third-order valence-corrected chi connectivity index (χ3v) is 2.64. The van der Waals surface area contributed by atoms with Gasteiger partial charge in [-0.15, -0.1) is 0 Å². The Balaban J connectivity index is 2.40. The summed E-state index contributed by atoms with van der Waals surface area (Å²) < 4.78 is 5.27. The number of nitrogens with zero attached hydrogens (tertiary/aromatic N) is 1. The van der Waals surface area contributed by atoms with Gasteiger partial charge in [-0.2, -0.15) is 5.26 Å². The number of carbonyl (C=O) groups excluding carboxylic acids is 1. The lowest BCUT2D eigenvalue weighted by Gasteiger charge is -2.15. The van der Waals surface area contributed by atoms with Gasteiger partial charge in [0.2, 0.25) is 0 Å².